The van der Waals surface area contributed by atoms with E-state index < -0.39 is 12.6 Å². The fraction of sp³-hybridized carbons (Fsp3) is 1.00. The summed E-state index contributed by atoms with van der Waals surface area (Å²) in [6.45, 7) is 11.1. The lowest BCUT2D eigenvalue weighted by molar-refractivity contribution is -0.434. The van der Waals surface area contributed by atoms with Gasteiger partial charge in [-0.3, -0.25) is 0 Å². The highest BCUT2D eigenvalue weighted by molar-refractivity contribution is 4.44. The summed E-state index contributed by atoms with van der Waals surface area (Å²) in [5.74, 6) is 0. The van der Waals surface area contributed by atoms with Crippen molar-refractivity contribution in [2.45, 2.75) is 91.6 Å². The predicted octanol–water partition coefficient (Wildman–Crippen LogP) is 4.76. The maximum atomic E-state index is 5.65. The van der Waals surface area contributed by atoms with Gasteiger partial charge in [0.1, 0.15) is 13.2 Å². The van der Waals surface area contributed by atoms with Gasteiger partial charge in [0.25, 0.3) is 0 Å². The molecule has 0 amide bonds. The molecule has 0 N–H and O–H groups in total. The first kappa shape index (κ1) is 28.7. The molecule has 0 unspecified atom stereocenters. The van der Waals surface area contributed by atoms with Gasteiger partial charge >= 0.3 is 0 Å². The second kappa shape index (κ2) is 24.0. The molecule has 0 saturated heterocycles. The quantitative estimate of drug-likeness (QED) is 0.0950. The van der Waals surface area contributed by atoms with E-state index in [1.165, 1.54) is 0 Å². The van der Waals surface area contributed by atoms with E-state index in [-0.39, 0.29) is 20.0 Å². The van der Waals surface area contributed by atoms with Crippen molar-refractivity contribution >= 4 is 0 Å². The van der Waals surface area contributed by atoms with Gasteiger partial charge < -0.3 is 18.9 Å². The topological polar surface area (TPSA) is 73.8 Å². The van der Waals surface area contributed by atoms with E-state index in [2.05, 4.69) is 27.7 Å². The summed E-state index contributed by atoms with van der Waals surface area (Å²) in [7, 11) is 0. The Labute approximate surface area is 177 Å². The van der Waals surface area contributed by atoms with Gasteiger partial charge in [-0.05, 0) is 25.7 Å². The normalized spacial score (nSPS) is 11.8. The highest BCUT2D eigenvalue weighted by Crippen LogP contribution is 2.04. The molecular formula is C21H44O8. The van der Waals surface area contributed by atoms with E-state index in [9.17, 15) is 0 Å². The van der Waals surface area contributed by atoms with Crippen LogP contribution in [0.2, 0.25) is 0 Å². The number of hydrogen-bond acceptors (Lipinski definition) is 8. The van der Waals surface area contributed by atoms with Crippen LogP contribution in [0, 0.1) is 0 Å². The molecule has 0 spiro atoms. The van der Waals surface area contributed by atoms with E-state index in [1.807, 2.05) is 0 Å². The lowest BCUT2D eigenvalue weighted by Crippen LogP contribution is -2.26. The second-order valence-electron chi connectivity index (χ2n) is 6.68. The van der Waals surface area contributed by atoms with Crippen LogP contribution in [0.25, 0.3) is 0 Å². The Morgan fingerprint density at radius 2 is 0.759 bits per heavy atom. The van der Waals surface area contributed by atoms with E-state index >= 15 is 0 Å². The highest BCUT2D eigenvalue weighted by Gasteiger charge is 2.12. The van der Waals surface area contributed by atoms with Crippen LogP contribution in [0.3, 0.4) is 0 Å². The van der Waals surface area contributed by atoms with E-state index in [1.54, 1.807) is 0 Å². The van der Waals surface area contributed by atoms with Gasteiger partial charge in [0.2, 0.25) is 6.79 Å². The Morgan fingerprint density at radius 1 is 0.448 bits per heavy atom. The summed E-state index contributed by atoms with van der Waals surface area (Å²) >= 11 is 0. The van der Waals surface area contributed by atoms with Gasteiger partial charge in [0.05, 0.1) is 0 Å². The van der Waals surface area contributed by atoms with Crippen molar-refractivity contribution < 1.29 is 38.5 Å². The molecule has 0 fully saturated rings. The van der Waals surface area contributed by atoms with Crippen LogP contribution < -0.4 is 0 Å². The maximum absolute atomic E-state index is 5.65. The molecule has 0 aromatic carbocycles. The minimum Gasteiger partial charge on any atom is -0.350 e. The summed E-state index contributed by atoms with van der Waals surface area (Å²) < 4.78 is 22.6. The van der Waals surface area contributed by atoms with Gasteiger partial charge in [-0.1, -0.05) is 53.4 Å². The molecule has 0 radical (unpaired) electrons. The Bertz CT molecular complexity index is 258. The fourth-order valence-electron chi connectivity index (χ4n) is 2.02. The first-order valence-electron chi connectivity index (χ1n) is 11.2. The SMILES string of the molecule is CCCCOC(COOCOOCC(OCCCC)OCCCC)OCCCC. The van der Waals surface area contributed by atoms with E-state index in [0.29, 0.717) is 26.4 Å². The van der Waals surface area contributed by atoms with Crippen molar-refractivity contribution in [3.05, 3.63) is 0 Å². The maximum Gasteiger partial charge on any atom is 0.214 e. The number of unbranched alkanes of at least 4 members (excludes halogenated alkanes) is 4. The standard InChI is InChI=1S/C21H44O8/c1-5-9-13-22-20(23-14-10-6-2)17-26-28-19-29-27-18-21(24-15-11-7-3)25-16-12-8-4/h20-21H,5-19H2,1-4H3. The van der Waals surface area contributed by atoms with Crippen molar-refractivity contribution in [3.63, 3.8) is 0 Å². The van der Waals surface area contributed by atoms with Gasteiger partial charge in [-0.2, -0.15) is 0 Å². The van der Waals surface area contributed by atoms with Gasteiger partial charge in [0, 0.05) is 26.4 Å². The molecule has 0 rings (SSSR count). The molecule has 29 heavy (non-hydrogen) atoms. The predicted molar refractivity (Wildman–Crippen MR) is 110 cm³/mol. The second-order valence-corrected chi connectivity index (χ2v) is 6.68. The Balaban J connectivity index is 3.85. The van der Waals surface area contributed by atoms with Gasteiger partial charge in [0.15, 0.2) is 12.6 Å². The van der Waals surface area contributed by atoms with Crippen LogP contribution in [0.4, 0.5) is 0 Å². The summed E-state index contributed by atoms with van der Waals surface area (Å²) in [4.78, 5) is 20.1. The summed E-state index contributed by atoms with van der Waals surface area (Å²) in [5, 5.41) is 0. The molecule has 0 saturated carbocycles. The first-order valence-corrected chi connectivity index (χ1v) is 11.2. The molecule has 0 aliphatic rings. The molecule has 0 atom stereocenters. The zero-order valence-corrected chi connectivity index (χ0v) is 19.0. The molecule has 0 aliphatic carbocycles. The van der Waals surface area contributed by atoms with Crippen LogP contribution in [0.15, 0.2) is 0 Å². The molecular weight excluding hydrogens is 380 g/mol. The Morgan fingerprint density at radius 3 is 1.03 bits per heavy atom. The third-order valence-electron chi connectivity index (χ3n) is 3.88. The molecule has 8 heteroatoms. The molecule has 0 bridgehead atoms. The van der Waals surface area contributed by atoms with Crippen molar-refractivity contribution in [2.75, 3.05) is 46.4 Å². The van der Waals surface area contributed by atoms with Gasteiger partial charge in [-0.25, -0.2) is 19.6 Å². The van der Waals surface area contributed by atoms with E-state index in [4.69, 9.17) is 38.5 Å². The fourth-order valence-corrected chi connectivity index (χ4v) is 2.02. The Hall–Kier alpha value is -0.320. The zero-order chi connectivity index (χ0) is 21.4. The van der Waals surface area contributed by atoms with Crippen LogP contribution in [0.1, 0.15) is 79.1 Å². The van der Waals surface area contributed by atoms with Crippen LogP contribution >= 0.6 is 0 Å². The third-order valence-corrected chi connectivity index (χ3v) is 3.88. The summed E-state index contributed by atoms with van der Waals surface area (Å²) in [6, 6.07) is 0. The van der Waals surface area contributed by atoms with Crippen molar-refractivity contribution in [1.82, 2.24) is 0 Å². The third kappa shape index (κ3) is 20.7. The number of ether oxygens (including phenoxy) is 4. The zero-order valence-electron chi connectivity index (χ0n) is 19.0. The van der Waals surface area contributed by atoms with Crippen LogP contribution in [-0.2, 0) is 38.5 Å². The smallest absolute Gasteiger partial charge is 0.214 e. The van der Waals surface area contributed by atoms with Crippen LogP contribution in [-0.4, -0.2) is 59.0 Å². The minimum absolute atomic E-state index is 0.166. The summed E-state index contributed by atoms with van der Waals surface area (Å²) in [6.07, 6.45) is 7.28. The first-order chi connectivity index (χ1) is 14.3. The van der Waals surface area contributed by atoms with Crippen molar-refractivity contribution in [2.24, 2.45) is 0 Å². The average molecular weight is 425 g/mol. The molecule has 0 heterocycles. The van der Waals surface area contributed by atoms with E-state index in [0.717, 1.165) is 51.4 Å². The molecule has 0 aromatic heterocycles. The number of hydrogen-bond donors (Lipinski definition) is 0. The van der Waals surface area contributed by atoms with Gasteiger partial charge in [-0.15, -0.1) is 0 Å². The number of rotatable bonds is 24. The lowest BCUT2D eigenvalue weighted by Gasteiger charge is -2.19. The largest absolute Gasteiger partial charge is 0.350 e. The monoisotopic (exact) mass is 424 g/mol. The average Bonchev–Trinajstić information content (AvgIpc) is 2.72. The lowest BCUT2D eigenvalue weighted by atomic mass is 10.3. The summed E-state index contributed by atoms with van der Waals surface area (Å²) in [5.41, 5.74) is 0. The highest BCUT2D eigenvalue weighted by atomic mass is 17.3. The van der Waals surface area contributed by atoms with Crippen molar-refractivity contribution in [1.29, 1.82) is 0 Å². The minimum atomic E-state index is -0.447. The van der Waals surface area contributed by atoms with Crippen LogP contribution in [0.5, 0.6) is 0 Å². The molecule has 8 nitrogen and oxygen atoms in total. The molecule has 0 aliphatic heterocycles. The molecule has 176 valence electrons. The van der Waals surface area contributed by atoms with Crippen molar-refractivity contribution in [3.8, 4) is 0 Å². The Kier molecular flexibility index (Phi) is 23.7. The molecule has 0 aromatic rings.